The van der Waals surface area contributed by atoms with Crippen molar-refractivity contribution in [3.05, 3.63) is 42.2 Å². The quantitative estimate of drug-likeness (QED) is 0.566. The van der Waals surface area contributed by atoms with Crippen LogP contribution in [0.25, 0.3) is 0 Å². The lowest BCUT2D eigenvalue weighted by molar-refractivity contribution is 0.0696. The molecule has 0 saturated heterocycles. The number of carboxylic acid groups (broad SMARTS) is 1. The standard InChI is InChI=1S/C12H15NO3/c1-2-3-4-7-16-9-11-6-5-10(8-13-11)12(14)15/h2,5-6,8H,1,3-4,7,9H2,(H,14,15). The number of carbonyl (C=O) groups is 1. The molecule has 0 atom stereocenters. The molecule has 0 fully saturated rings. The molecule has 0 aliphatic heterocycles. The Bertz CT molecular complexity index is 346. The second-order valence-electron chi connectivity index (χ2n) is 3.33. The number of allylic oxidation sites excluding steroid dienone is 1. The van der Waals surface area contributed by atoms with Gasteiger partial charge in [0.1, 0.15) is 0 Å². The van der Waals surface area contributed by atoms with Crippen molar-refractivity contribution >= 4 is 5.97 Å². The SMILES string of the molecule is C=CCCCOCc1ccc(C(=O)O)cn1. The van der Waals surface area contributed by atoms with E-state index in [9.17, 15) is 4.79 Å². The number of hydrogen-bond acceptors (Lipinski definition) is 3. The topological polar surface area (TPSA) is 59.4 Å². The third-order valence-corrected chi connectivity index (χ3v) is 2.02. The largest absolute Gasteiger partial charge is 0.478 e. The third kappa shape index (κ3) is 4.23. The van der Waals surface area contributed by atoms with E-state index in [0.717, 1.165) is 18.5 Å². The zero-order chi connectivity index (χ0) is 11.8. The minimum atomic E-state index is -0.967. The molecule has 0 radical (unpaired) electrons. The third-order valence-electron chi connectivity index (χ3n) is 2.02. The average molecular weight is 221 g/mol. The van der Waals surface area contributed by atoms with Crippen LogP contribution in [0.4, 0.5) is 0 Å². The molecule has 4 nitrogen and oxygen atoms in total. The highest BCUT2D eigenvalue weighted by Crippen LogP contribution is 2.02. The van der Waals surface area contributed by atoms with Gasteiger partial charge < -0.3 is 9.84 Å². The second kappa shape index (κ2) is 6.74. The Morgan fingerprint density at radius 1 is 1.56 bits per heavy atom. The molecule has 1 heterocycles. The van der Waals surface area contributed by atoms with Crippen LogP contribution >= 0.6 is 0 Å². The Labute approximate surface area is 94.6 Å². The highest BCUT2D eigenvalue weighted by atomic mass is 16.5. The van der Waals surface area contributed by atoms with Crippen LogP contribution in [-0.4, -0.2) is 22.7 Å². The summed E-state index contributed by atoms with van der Waals surface area (Å²) >= 11 is 0. The molecule has 1 N–H and O–H groups in total. The number of nitrogens with zero attached hydrogens (tertiary/aromatic N) is 1. The first-order valence-corrected chi connectivity index (χ1v) is 5.11. The summed E-state index contributed by atoms with van der Waals surface area (Å²) in [4.78, 5) is 14.6. The van der Waals surface area contributed by atoms with Gasteiger partial charge >= 0.3 is 5.97 Å². The first-order chi connectivity index (χ1) is 7.74. The Morgan fingerprint density at radius 2 is 2.38 bits per heavy atom. The number of unbranched alkanes of at least 4 members (excludes halogenated alkanes) is 1. The number of hydrogen-bond donors (Lipinski definition) is 1. The average Bonchev–Trinajstić information content (AvgIpc) is 2.29. The van der Waals surface area contributed by atoms with Gasteiger partial charge in [-0.1, -0.05) is 6.08 Å². The van der Waals surface area contributed by atoms with Crippen molar-refractivity contribution in [1.82, 2.24) is 4.98 Å². The lowest BCUT2D eigenvalue weighted by atomic mass is 10.2. The van der Waals surface area contributed by atoms with Crippen molar-refractivity contribution in [1.29, 1.82) is 0 Å². The van der Waals surface area contributed by atoms with Crippen LogP contribution in [0.2, 0.25) is 0 Å². The van der Waals surface area contributed by atoms with Crippen LogP contribution in [-0.2, 0) is 11.3 Å². The number of aromatic nitrogens is 1. The summed E-state index contributed by atoms with van der Waals surface area (Å²) in [5.74, 6) is -0.967. The lowest BCUT2D eigenvalue weighted by Crippen LogP contribution is -2.01. The van der Waals surface area contributed by atoms with Gasteiger partial charge in [-0.3, -0.25) is 4.98 Å². The summed E-state index contributed by atoms with van der Waals surface area (Å²) in [6.07, 6.45) is 5.07. The molecule has 0 bridgehead atoms. The number of pyridine rings is 1. The Hall–Kier alpha value is -1.68. The fourth-order valence-corrected chi connectivity index (χ4v) is 1.14. The van der Waals surface area contributed by atoms with Gasteiger partial charge in [-0.2, -0.15) is 0 Å². The summed E-state index contributed by atoms with van der Waals surface area (Å²) in [6.45, 7) is 4.69. The molecule has 0 aliphatic rings. The van der Waals surface area contributed by atoms with Gasteiger partial charge in [0.05, 0.1) is 17.9 Å². The normalized spacial score (nSPS) is 10.0. The van der Waals surface area contributed by atoms with Gasteiger partial charge in [0.15, 0.2) is 0 Å². The fraction of sp³-hybridized carbons (Fsp3) is 0.333. The monoisotopic (exact) mass is 221 g/mol. The van der Waals surface area contributed by atoms with Gasteiger partial charge in [0, 0.05) is 12.8 Å². The van der Waals surface area contributed by atoms with E-state index in [0.29, 0.717) is 13.2 Å². The highest BCUT2D eigenvalue weighted by molar-refractivity contribution is 5.87. The van der Waals surface area contributed by atoms with E-state index in [-0.39, 0.29) is 5.56 Å². The van der Waals surface area contributed by atoms with Gasteiger partial charge in [0.25, 0.3) is 0 Å². The van der Waals surface area contributed by atoms with Crippen molar-refractivity contribution in [2.24, 2.45) is 0 Å². The van der Waals surface area contributed by atoms with Crippen LogP contribution in [0.5, 0.6) is 0 Å². The molecule has 16 heavy (non-hydrogen) atoms. The van der Waals surface area contributed by atoms with Crippen molar-refractivity contribution < 1.29 is 14.6 Å². The van der Waals surface area contributed by atoms with E-state index in [1.807, 2.05) is 6.08 Å². The van der Waals surface area contributed by atoms with E-state index in [2.05, 4.69) is 11.6 Å². The van der Waals surface area contributed by atoms with Crippen molar-refractivity contribution in [2.75, 3.05) is 6.61 Å². The number of ether oxygens (including phenoxy) is 1. The number of rotatable bonds is 7. The molecule has 86 valence electrons. The van der Waals surface area contributed by atoms with Crippen LogP contribution in [0.15, 0.2) is 31.0 Å². The van der Waals surface area contributed by atoms with Gasteiger partial charge in [-0.05, 0) is 25.0 Å². The molecule has 0 aliphatic carbocycles. The van der Waals surface area contributed by atoms with E-state index in [1.54, 1.807) is 6.07 Å². The smallest absolute Gasteiger partial charge is 0.337 e. The first kappa shape index (κ1) is 12.4. The maximum absolute atomic E-state index is 10.6. The molecule has 0 saturated carbocycles. The molecule has 1 aromatic rings. The van der Waals surface area contributed by atoms with E-state index in [4.69, 9.17) is 9.84 Å². The van der Waals surface area contributed by atoms with Gasteiger partial charge in [-0.15, -0.1) is 6.58 Å². The predicted octanol–water partition coefficient (Wildman–Crippen LogP) is 2.26. The van der Waals surface area contributed by atoms with Crippen molar-refractivity contribution in [3.63, 3.8) is 0 Å². The zero-order valence-electron chi connectivity index (χ0n) is 9.06. The molecule has 1 aromatic heterocycles. The second-order valence-corrected chi connectivity index (χ2v) is 3.33. The van der Waals surface area contributed by atoms with Crippen LogP contribution in [0, 0.1) is 0 Å². The minimum Gasteiger partial charge on any atom is -0.478 e. The molecular formula is C12H15NO3. The van der Waals surface area contributed by atoms with Crippen LogP contribution < -0.4 is 0 Å². The molecule has 0 spiro atoms. The summed E-state index contributed by atoms with van der Waals surface area (Å²) in [7, 11) is 0. The maximum atomic E-state index is 10.6. The first-order valence-electron chi connectivity index (χ1n) is 5.11. The molecule has 0 unspecified atom stereocenters. The van der Waals surface area contributed by atoms with E-state index >= 15 is 0 Å². The zero-order valence-corrected chi connectivity index (χ0v) is 9.06. The number of carboxylic acids is 1. The van der Waals surface area contributed by atoms with E-state index in [1.165, 1.54) is 12.3 Å². The Morgan fingerprint density at radius 3 is 2.94 bits per heavy atom. The maximum Gasteiger partial charge on any atom is 0.337 e. The van der Waals surface area contributed by atoms with Crippen LogP contribution in [0.3, 0.4) is 0 Å². The van der Waals surface area contributed by atoms with Crippen molar-refractivity contribution in [2.45, 2.75) is 19.4 Å². The molecule has 0 aromatic carbocycles. The summed E-state index contributed by atoms with van der Waals surface area (Å²) in [5.41, 5.74) is 0.930. The van der Waals surface area contributed by atoms with Gasteiger partial charge in [0.2, 0.25) is 0 Å². The predicted molar refractivity (Wildman–Crippen MR) is 60.3 cm³/mol. The van der Waals surface area contributed by atoms with Gasteiger partial charge in [-0.25, -0.2) is 4.79 Å². The number of aromatic carboxylic acids is 1. The summed E-state index contributed by atoms with van der Waals surface area (Å²) in [5, 5.41) is 8.67. The molecule has 0 amide bonds. The van der Waals surface area contributed by atoms with Crippen LogP contribution in [0.1, 0.15) is 28.9 Å². The summed E-state index contributed by atoms with van der Waals surface area (Å²) in [6, 6.07) is 3.19. The Balaban J connectivity index is 2.32. The van der Waals surface area contributed by atoms with Crippen molar-refractivity contribution in [3.8, 4) is 0 Å². The Kier molecular flexibility index (Phi) is 5.22. The molecule has 1 rings (SSSR count). The lowest BCUT2D eigenvalue weighted by Gasteiger charge is -2.02. The van der Waals surface area contributed by atoms with E-state index < -0.39 is 5.97 Å². The molecular weight excluding hydrogens is 206 g/mol. The molecule has 4 heteroatoms. The summed E-state index contributed by atoms with van der Waals surface area (Å²) < 4.78 is 5.36. The highest BCUT2D eigenvalue weighted by Gasteiger charge is 2.02. The fourth-order valence-electron chi connectivity index (χ4n) is 1.14. The minimum absolute atomic E-state index is 0.190.